The average Bonchev–Trinajstić information content (AvgIpc) is 3.43. The molecular formula is C24H22N2O3S. The van der Waals surface area contributed by atoms with Crippen LogP contribution in [0.4, 0.5) is 0 Å². The predicted molar refractivity (Wildman–Crippen MR) is 120 cm³/mol. The number of carbonyl (C=O) groups excluding carboxylic acids is 1. The molecule has 5 rings (SSSR count). The van der Waals surface area contributed by atoms with Crippen molar-refractivity contribution in [3.8, 4) is 11.1 Å². The number of pyridine rings is 2. The van der Waals surface area contributed by atoms with Crippen molar-refractivity contribution in [1.82, 2.24) is 9.30 Å². The highest BCUT2D eigenvalue weighted by molar-refractivity contribution is 7.18. The summed E-state index contributed by atoms with van der Waals surface area (Å²) in [6, 6.07) is 15.2. The molecule has 0 aliphatic carbocycles. The molecule has 4 heterocycles. The van der Waals surface area contributed by atoms with Gasteiger partial charge in [-0.15, -0.1) is 11.3 Å². The van der Waals surface area contributed by atoms with Crippen molar-refractivity contribution < 1.29 is 9.53 Å². The summed E-state index contributed by atoms with van der Waals surface area (Å²) in [5.74, 6) is -0.144. The van der Waals surface area contributed by atoms with Crippen LogP contribution in [0.15, 0.2) is 64.9 Å². The van der Waals surface area contributed by atoms with E-state index in [9.17, 15) is 9.59 Å². The number of aromatic nitrogens is 1. The molecule has 0 saturated carbocycles. The van der Waals surface area contributed by atoms with E-state index in [2.05, 4.69) is 0 Å². The van der Waals surface area contributed by atoms with Crippen molar-refractivity contribution in [2.75, 3.05) is 13.7 Å². The number of rotatable bonds is 3. The molecule has 1 atom stereocenters. The van der Waals surface area contributed by atoms with E-state index >= 15 is 0 Å². The van der Waals surface area contributed by atoms with Crippen molar-refractivity contribution in [2.24, 2.45) is 0 Å². The lowest BCUT2D eigenvalue weighted by Crippen LogP contribution is -2.47. The molecule has 1 unspecified atom stereocenters. The highest BCUT2D eigenvalue weighted by Gasteiger charge is 2.38. The Morgan fingerprint density at radius 3 is 2.73 bits per heavy atom. The molecule has 1 amide bonds. The first kappa shape index (κ1) is 19.0. The molecule has 1 aromatic carbocycles. The Balaban J connectivity index is 1.80. The third kappa shape index (κ3) is 2.87. The van der Waals surface area contributed by atoms with E-state index in [0.717, 1.165) is 28.5 Å². The van der Waals surface area contributed by atoms with Crippen LogP contribution in [0.2, 0.25) is 0 Å². The molecule has 30 heavy (non-hydrogen) atoms. The maximum absolute atomic E-state index is 13.7. The number of fused-ring (bicyclic) bond motifs is 3. The lowest BCUT2D eigenvalue weighted by Gasteiger charge is -2.34. The minimum Gasteiger partial charge on any atom is -0.356 e. The molecule has 3 aromatic heterocycles. The first-order chi connectivity index (χ1) is 14.5. The van der Waals surface area contributed by atoms with Gasteiger partial charge in [0.15, 0.2) is 0 Å². The summed E-state index contributed by atoms with van der Waals surface area (Å²) < 4.78 is 8.45. The van der Waals surface area contributed by atoms with Gasteiger partial charge < -0.3 is 9.64 Å². The van der Waals surface area contributed by atoms with Gasteiger partial charge in [-0.1, -0.05) is 30.3 Å². The summed E-state index contributed by atoms with van der Waals surface area (Å²) in [7, 11) is 1.78. The molecule has 5 nitrogen and oxygen atoms in total. The Morgan fingerprint density at radius 2 is 2.00 bits per heavy atom. The van der Waals surface area contributed by atoms with Crippen LogP contribution in [0.3, 0.4) is 0 Å². The smallest absolute Gasteiger partial charge is 0.263 e. The molecule has 1 aliphatic heterocycles. The van der Waals surface area contributed by atoms with Gasteiger partial charge in [0, 0.05) is 25.4 Å². The number of benzene rings is 1. The highest BCUT2D eigenvalue weighted by Crippen LogP contribution is 2.33. The molecule has 4 aromatic rings. The van der Waals surface area contributed by atoms with Crippen LogP contribution in [0.25, 0.3) is 26.7 Å². The lowest BCUT2D eigenvalue weighted by atomic mass is 10.0. The van der Waals surface area contributed by atoms with Crippen molar-refractivity contribution >= 4 is 32.8 Å². The number of amides is 1. The van der Waals surface area contributed by atoms with Crippen LogP contribution in [0, 0.1) is 0 Å². The second-order valence-corrected chi connectivity index (χ2v) is 8.79. The Bertz CT molecular complexity index is 1320. The number of hydrogen-bond acceptors (Lipinski definition) is 4. The Kier molecular flexibility index (Phi) is 4.49. The molecule has 0 bridgehead atoms. The summed E-state index contributed by atoms with van der Waals surface area (Å²) in [5.41, 5.74) is 1.71. The van der Waals surface area contributed by atoms with Crippen LogP contribution >= 0.6 is 11.3 Å². The van der Waals surface area contributed by atoms with E-state index in [1.807, 2.05) is 54.8 Å². The SMILES string of the molecule is CN(C(=O)c1cc(-c2ccccc2)c(=O)n2ccc3ccsc3c12)C1(C)CCCO1. The summed E-state index contributed by atoms with van der Waals surface area (Å²) in [5, 5.41) is 3.01. The van der Waals surface area contributed by atoms with Crippen molar-refractivity contribution in [1.29, 1.82) is 0 Å². The molecule has 152 valence electrons. The molecule has 1 aliphatic rings. The molecule has 1 saturated heterocycles. The molecule has 0 spiro atoms. The molecule has 6 heteroatoms. The van der Waals surface area contributed by atoms with E-state index in [4.69, 9.17) is 4.74 Å². The fraction of sp³-hybridized carbons (Fsp3) is 0.250. The fourth-order valence-electron chi connectivity index (χ4n) is 4.22. The van der Waals surface area contributed by atoms with E-state index in [0.29, 0.717) is 23.3 Å². The Hall–Kier alpha value is -2.96. The number of carbonyl (C=O) groups is 1. The van der Waals surface area contributed by atoms with E-state index < -0.39 is 5.72 Å². The number of ether oxygens (including phenoxy) is 1. The minimum atomic E-state index is -0.638. The zero-order valence-electron chi connectivity index (χ0n) is 16.9. The van der Waals surface area contributed by atoms with Gasteiger partial charge in [-0.25, -0.2) is 0 Å². The average molecular weight is 419 g/mol. The molecule has 0 N–H and O–H groups in total. The van der Waals surface area contributed by atoms with Gasteiger partial charge in [0.1, 0.15) is 5.72 Å². The van der Waals surface area contributed by atoms with Crippen LogP contribution in [0.1, 0.15) is 30.1 Å². The number of hydrogen-bond donors (Lipinski definition) is 0. The minimum absolute atomic E-state index is 0.131. The summed E-state index contributed by atoms with van der Waals surface area (Å²) >= 11 is 1.54. The zero-order valence-corrected chi connectivity index (χ0v) is 17.7. The highest BCUT2D eigenvalue weighted by atomic mass is 32.1. The van der Waals surface area contributed by atoms with Gasteiger partial charge in [0.05, 0.1) is 15.8 Å². The molecular weight excluding hydrogens is 396 g/mol. The Morgan fingerprint density at radius 1 is 1.20 bits per heavy atom. The largest absolute Gasteiger partial charge is 0.356 e. The van der Waals surface area contributed by atoms with E-state index in [1.54, 1.807) is 39.9 Å². The summed E-state index contributed by atoms with van der Waals surface area (Å²) in [6.45, 7) is 2.60. The first-order valence-corrected chi connectivity index (χ1v) is 10.9. The lowest BCUT2D eigenvalue weighted by molar-refractivity contribution is -0.0784. The number of nitrogens with zero attached hydrogens (tertiary/aromatic N) is 2. The topological polar surface area (TPSA) is 51.0 Å². The summed E-state index contributed by atoms with van der Waals surface area (Å²) in [4.78, 5) is 28.8. The van der Waals surface area contributed by atoms with Crippen LogP contribution in [0.5, 0.6) is 0 Å². The maximum Gasteiger partial charge on any atom is 0.263 e. The quantitative estimate of drug-likeness (QED) is 0.481. The maximum atomic E-state index is 13.7. The first-order valence-electron chi connectivity index (χ1n) is 10.0. The number of thiophene rings is 1. The van der Waals surface area contributed by atoms with Gasteiger partial charge in [-0.2, -0.15) is 0 Å². The van der Waals surface area contributed by atoms with Crippen molar-refractivity contribution in [3.63, 3.8) is 0 Å². The van der Waals surface area contributed by atoms with Crippen LogP contribution in [-0.4, -0.2) is 34.6 Å². The monoisotopic (exact) mass is 418 g/mol. The van der Waals surface area contributed by atoms with Gasteiger partial charge in [-0.05, 0) is 54.3 Å². The van der Waals surface area contributed by atoms with Crippen molar-refractivity contribution in [3.05, 3.63) is 76.0 Å². The van der Waals surface area contributed by atoms with Gasteiger partial charge in [0.2, 0.25) is 0 Å². The zero-order chi connectivity index (χ0) is 20.9. The third-order valence-electron chi connectivity index (χ3n) is 6.08. The van der Waals surface area contributed by atoms with Gasteiger partial charge in [0.25, 0.3) is 11.5 Å². The predicted octanol–water partition coefficient (Wildman–Crippen LogP) is 4.78. The van der Waals surface area contributed by atoms with E-state index in [1.165, 1.54) is 0 Å². The second-order valence-electron chi connectivity index (χ2n) is 7.87. The Labute approximate surface area is 178 Å². The standard InChI is InChI=1S/C24H22N2O3S/c1-24(11-6-13-29-24)25(2)22(27)19-15-18(16-7-4-3-5-8-16)23(28)26-12-9-17-10-14-30-21(17)20(19)26/h3-5,7-10,12,14-15H,6,11,13H2,1-2H3. The van der Waals surface area contributed by atoms with Gasteiger partial charge in [-0.3, -0.25) is 14.0 Å². The van der Waals surface area contributed by atoms with Crippen LogP contribution < -0.4 is 5.56 Å². The molecule has 0 radical (unpaired) electrons. The molecule has 1 fully saturated rings. The van der Waals surface area contributed by atoms with E-state index in [-0.39, 0.29) is 11.5 Å². The third-order valence-corrected chi connectivity index (χ3v) is 7.01. The second kappa shape index (κ2) is 7.07. The van der Waals surface area contributed by atoms with Crippen LogP contribution in [-0.2, 0) is 4.74 Å². The normalized spacial score (nSPS) is 18.9. The van der Waals surface area contributed by atoms with Gasteiger partial charge >= 0.3 is 0 Å². The fourth-order valence-corrected chi connectivity index (χ4v) is 5.16. The van der Waals surface area contributed by atoms with Crippen molar-refractivity contribution in [2.45, 2.75) is 25.5 Å². The summed E-state index contributed by atoms with van der Waals surface area (Å²) in [6.07, 6.45) is 3.48.